The Morgan fingerprint density at radius 1 is 1.18 bits per heavy atom. The molecule has 0 N–H and O–H groups in total. The fourth-order valence-corrected chi connectivity index (χ4v) is 3.21. The summed E-state index contributed by atoms with van der Waals surface area (Å²) in [6.45, 7) is 0.573. The first-order valence-corrected chi connectivity index (χ1v) is 7.64. The van der Waals surface area contributed by atoms with E-state index < -0.39 is 0 Å². The van der Waals surface area contributed by atoms with E-state index in [9.17, 15) is 14.4 Å². The molecule has 0 unspecified atom stereocenters. The Labute approximate surface area is 128 Å². The minimum atomic E-state index is -0.312. The van der Waals surface area contributed by atoms with E-state index in [0.717, 1.165) is 35.4 Å². The normalized spacial score (nSPS) is 20.8. The lowest BCUT2D eigenvalue weighted by atomic mass is 10.2. The molecule has 0 spiro atoms. The fraction of sp³-hybridized carbons (Fsp3) is 0.438. The molecule has 0 atom stereocenters. The van der Waals surface area contributed by atoms with Crippen LogP contribution in [0.15, 0.2) is 24.3 Å². The van der Waals surface area contributed by atoms with Crippen LogP contribution in [0.5, 0.6) is 0 Å². The molecular formula is C16H17N3O3. The van der Waals surface area contributed by atoms with E-state index in [1.165, 1.54) is 0 Å². The summed E-state index contributed by atoms with van der Waals surface area (Å²) >= 11 is 0. The van der Waals surface area contributed by atoms with Crippen molar-refractivity contribution < 1.29 is 14.4 Å². The molecule has 1 aromatic carbocycles. The molecule has 114 valence electrons. The molecule has 22 heavy (non-hydrogen) atoms. The van der Waals surface area contributed by atoms with Gasteiger partial charge in [-0.25, -0.2) is 4.79 Å². The number of rotatable bonds is 3. The lowest BCUT2D eigenvalue weighted by molar-refractivity contribution is -0.129. The van der Waals surface area contributed by atoms with E-state index >= 15 is 0 Å². The van der Waals surface area contributed by atoms with E-state index in [0.29, 0.717) is 6.54 Å². The average molecular weight is 299 g/mol. The van der Waals surface area contributed by atoms with Crippen LogP contribution in [-0.2, 0) is 16.0 Å². The zero-order valence-electron chi connectivity index (χ0n) is 12.2. The third kappa shape index (κ3) is 2.06. The van der Waals surface area contributed by atoms with E-state index in [-0.39, 0.29) is 37.0 Å². The summed E-state index contributed by atoms with van der Waals surface area (Å²) in [4.78, 5) is 41.1. The molecule has 1 aromatic rings. The van der Waals surface area contributed by atoms with Gasteiger partial charge in [-0.3, -0.25) is 14.5 Å². The molecule has 2 fully saturated rings. The molecule has 1 saturated heterocycles. The van der Waals surface area contributed by atoms with Gasteiger partial charge in [-0.2, -0.15) is 0 Å². The van der Waals surface area contributed by atoms with Crippen molar-refractivity contribution in [1.29, 1.82) is 0 Å². The number of anilines is 1. The molecule has 2 heterocycles. The van der Waals surface area contributed by atoms with Gasteiger partial charge in [0.1, 0.15) is 13.1 Å². The Hall–Kier alpha value is -2.37. The minimum Gasteiger partial charge on any atom is -0.312 e. The van der Waals surface area contributed by atoms with Gasteiger partial charge in [0.2, 0.25) is 5.91 Å². The van der Waals surface area contributed by atoms with Gasteiger partial charge in [0.25, 0.3) is 5.91 Å². The molecule has 0 aromatic heterocycles. The van der Waals surface area contributed by atoms with Crippen LogP contribution in [0.2, 0.25) is 0 Å². The van der Waals surface area contributed by atoms with Gasteiger partial charge < -0.3 is 9.80 Å². The summed E-state index contributed by atoms with van der Waals surface area (Å²) < 4.78 is 0. The van der Waals surface area contributed by atoms with Crippen molar-refractivity contribution in [3.63, 3.8) is 0 Å². The molecule has 3 aliphatic rings. The Balaban J connectivity index is 1.48. The maximum atomic E-state index is 12.5. The molecular weight excluding hydrogens is 282 g/mol. The van der Waals surface area contributed by atoms with Crippen LogP contribution in [-0.4, -0.2) is 53.3 Å². The number of nitrogens with zero attached hydrogens (tertiary/aromatic N) is 3. The Kier molecular flexibility index (Phi) is 2.92. The third-order valence-corrected chi connectivity index (χ3v) is 4.55. The first kappa shape index (κ1) is 13.3. The van der Waals surface area contributed by atoms with Crippen LogP contribution >= 0.6 is 0 Å². The van der Waals surface area contributed by atoms with Crippen molar-refractivity contribution in [1.82, 2.24) is 9.80 Å². The summed E-state index contributed by atoms with van der Waals surface area (Å²) in [5.41, 5.74) is 2.03. The Morgan fingerprint density at radius 2 is 1.95 bits per heavy atom. The number of amides is 4. The van der Waals surface area contributed by atoms with Crippen molar-refractivity contribution in [3.8, 4) is 0 Å². The van der Waals surface area contributed by atoms with Crippen molar-refractivity contribution in [2.24, 2.45) is 0 Å². The van der Waals surface area contributed by atoms with Crippen LogP contribution in [0.1, 0.15) is 18.4 Å². The van der Waals surface area contributed by atoms with E-state index in [1.807, 2.05) is 24.3 Å². The summed E-state index contributed by atoms with van der Waals surface area (Å²) in [5, 5.41) is 0. The number of benzene rings is 1. The number of carbonyl (C=O) groups excluding carboxylic acids is 3. The maximum Gasteiger partial charge on any atom is 0.327 e. The number of hydrogen-bond donors (Lipinski definition) is 0. The van der Waals surface area contributed by atoms with E-state index in [4.69, 9.17) is 0 Å². The Morgan fingerprint density at radius 3 is 2.73 bits per heavy atom. The second-order valence-corrected chi connectivity index (χ2v) is 6.05. The second kappa shape index (κ2) is 4.83. The largest absolute Gasteiger partial charge is 0.327 e. The molecule has 6 nitrogen and oxygen atoms in total. The van der Waals surface area contributed by atoms with Crippen LogP contribution in [0.3, 0.4) is 0 Å². The van der Waals surface area contributed by atoms with Gasteiger partial charge in [0, 0.05) is 18.3 Å². The number of hydrogen-bond acceptors (Lipinski definition) is 3. The quantitative estimate of drug-likeness (QED) is 0.782. The van der Waals surface area contributed by atoms with E-state index in [1.54, 1.807) is 9.80 Å². The molecule has 4 rings (SSSR count). The third-order valence-electron chi connectivity index (χ3n) is 4.55. The van der Waals surface area contributed by atoms with Gasteiger partial charge >= 0.3 is 6.03 Å². The van der Waals surface area contributed by atoms with Crippen LogP contribution < -0.4 is 4.90 Å². The van der Waals surface area contributed by atoms with Gasteiger partial charge in [-0.05, 0) is 30.9 Å². The first-order chi connectivity index (χ1) is 10.6. The summed E-state index contributed by atoms with van der Waals surface area (Å²) in [5.74, 6) is -0.456. The van der Waals surface area contributed by atoms with Crippen molar-refractivity contribution in [3.05, 3.63) is 29.8 Å². The monoisotopic (exact) mass is 299 g/mol. The number of urea groups is 1. The molecule has 4 amide bonds. The zero-order valence-corrected chi connectivity index (χ0v) is 12.2. The highest BCUT2D eigenvalue weighted by molar-refractivity contribution is 6.07. The molecule has 2 aliphatic heterocycles. The van der Waals surface area contributed by atoms with Crippen molar-refractivity contribution in [2.45, 2.75) is 25.3 Å². The summed E-state index contributed by atoms with van der Waals surface area (Å²) in [6.07, 6.45) is 2.73. The topological polar surface area (TPSA) is 60.9 Å². The minimum absolute atomic E-state index is 0.118. The highest BCUT2D eigenvalue weighted by atomic mass is 16.2. The standard InChI is InChI=1S/C16H17N3O3/c20-14(17-8-7-11-3-1-2-4-13(11)17)10-19-15(21)9-18(16(19)22)12-5-6-12/h1-4,12H,5-10H2. The lowest BCUT2D eigenvalue weighted by Gasteiger charge is -2.21. The van der Waals surface area contributed by atoms with Crippen LogP contribution in [0.4, 0.5) is 10.5 Å². The van der Waals surface area contributed by atoms with Gasteiger partial charge in [-0.1, -0.05) is 18.2 Å². The zero-order chi connectivity index (χ0) is 15.3. The molecule has 0 bridgehead atoms. The van der Waals surface area contributed by atoms with E-state index in [2.05, 4.69) is 0 Å². The maximum absolute atomic E-state index is 12.5. The molecule has 0 radical (unpaired) electrons. The summed E-state index contributed by atoms with van der Waals surface area (Å²) in [6, 6.07) is 7.64. The summed E-state index contributed by atoms with van der Waals surface area (Å²) in [7, 11) is 0. The van der Waals surface area contributed by atoms with Gasteiger partial charge in [0.15, 0.2) is 0 Å². The SMILES string of the molecule is O=C1CN(C2CC2)C(=O)N1CC(=O)N1CCc2ccccc21. The van der Waals surface area contributed by atoms with Crippen molar-refractivity contribution >= 4 is 23.5 Å². The second-order valence-electron chi connectivity index (χ2n) is 6.05. The van der Waals surface area contributed by atoms with Crippen LogP contribution in [0, 0.1) is 0 Å². The predicted molar refractivity (Wildman–Crippen MR) is 79.3 cm³/mol. The fourth-order valence-electron chi connectivity index (χ4n) is 3.21. The number of para-hydroxylation sites is 1. The molecule has 1 saturated carbocycles. The Bertz CT molecular complexity index is 668. The highest BCUT2D eigenvalue weighted by Gasteiger charge is 2.44. The van der Waals surface area contributed by atoms with Gasteiger partial charge in [0.05, 0.1) is 0 Å². The smallest absolute Gasteiger partial charge is 0.312 e. The molecule has 6 heteroatoms. The number of imide groups is 1. The first-order valence-electron chi connectivity index (χ1n) is 7.64. The number of fused-ring (bicyclic) bond motifs is 1. The van der Waals surface area contributed by atoms with Crippen LogP contribution in [0.25, 0.3) is 0 Å². The number of carbonyl (C=O) groups is 3. The van der Waals surface area contributed by atoms with Gasteiger partial charge in [-0.15, -0.1) is 0 Å². The van der Waals surface area contributed by atoms with Crippen molar-refractivity contribution in [2.75, 3.05) is 24.5 Å². The molecule has 1 aliphatic carbocycles. The highest BCUT2D eigenvalue weighted by Crippen LogP contribution is 2.31. The lowest BCUT2D eigenvalue weighted by Crippen LogP contribution is -2.43. The average Bonchev–Trinajstić information content (AvgIpc) is 3.21. The predicted octanol–water partition coefficient (Wildman–Crippen LogP) is 1.00.